The van der Waals surface area contributed by atoms with E-state index in [9.17, 15) is 13.2 Å². The Hall–Kier alpha value is -1.07. The molecule has 0 radical (unpaired) electrons. The molecule has 6 nitrogen and oxygen atoms in total. The van der Waals surface area contributed by atoms with E-state index in [-0.39, 0.29) is 17.4 Å². The molecule has 0 aliphatic carbocycles. The van der Waals surface area contributed by atoms with Crippen molar-refractivity contribution in [2.45, 2.75) is 4.90 Å². The molecule has 0 bridgehead atoms. The highest BCUT2D eigenvalue weighted by Gasteiger charge is 2.15. The Labute approximate surface area is 96.0 Å². The quantitative estimate of drug-likeness (QED) is 0.464. The van der Waals surface area contributed by atoms with Gasteiger partial charge in [0.15, 0.2) is 17.4 Å². The Morgan fingerprint density at radius 3 is 2.20 bits per heavy atom. The summed E-state index contributed by atoms with van der Waals surface area (Å²) < 4.78 is 29.8. The van der Waals surface area contributed by atoms with Gasteiger partial charge < -0.3 is 10.2 Å². The summed E-state index contributed by atoms with van der Waals surface area (Å²) in [6.07, 6.45) is 0. The highest BCUT2D eigenvalue weighted by Crippen LogP contribution is 2.20. The van der Waals surface area contributed by atoms with Crippen molar-refractivity contribution >= 4 is 33.4 Å². The van der Waals surface area contributed by atoms with E-state index in [1.807, 2.05) is 0 Å². The minimum Gasteiger partial charge on any atom is -0.507 e. The summed E-state index contributed by atoms with van der Waals surface area (Å²) in [6.45, 7) is 0. The summed E-state index contributed by atoms with van der Waals surface area (Å²) in [6, 6.07) is 2.46. The SMILES string of the molecule is O=C(O)c1cc(S(=O)(=O)O)ccc1O.[AlH3]. The molecular formula is C7H9AlO6S. The van der Waals surface area contributed by atoms with Crippen LogP contribution in [0.5, 0.6) is 5.75 Å². The predicted molar refractivity (Wildman–Crippen MR) is 54.8 cm³/mol. The van der Waals surface area contributed by atoms with Crippen LogP contribution in [0.25, 0.3) is 0 Å². The maximum Gasteiger partial charge on any atom is 0.339 e. The van der Waals surface area contributed by atoms with Crippen LogP contribution in [-0.2, 0) is 10.1 Å². The summed E-state index contributed by atoms with van der Waals surface area (Å²) >= 11 is 0. The molecule has 1 aromatic rings. The largest absolute Gasteiger partial charge is 0.507 e. The topological polar surface area (TPSA) is 112 Å². The van der Waals surface area contributed by atoms with Gasteiger partial charge in [0.2, 0.25) is 0 Å². The third-order valence-electron chi connectivity index (χ3n) is 1.50. The van der Waals surface area contributed by atoms with Crippen LogP contribution < -0.4 is 0 Å². The number of hydrogen-bond acceptors (Lipinski definition) is 4. The first-order chi connectivity index (χ1) is 6.32. The molecule has 3 N–H and O–H groups in total. The first kappa shape index (κ1) is 13.9. The highest BCUT2D eigenvalue weighted by molar-refractivity contribution is 7.85. The Balaban J connectivity index is 0.00000196. The van der Waals surface area contributed by atoms with Crippen molar-refractivity contribution in [2.24, 2.45) is 0 Å². The molecule has 15 heavy (non-hydrogen) atoms. The van der Waals surface area contributed by atoms with Crippen LogP contribution >= 0.6 is 0 Å². The summed E-state index contributed by atoms with van der Waals surface area (Å²) in [5.74, 6) is -2.04. The van der Waals surface area contributed by atoms with E-state index in [1.165, 1.54) is 0 Å². The van der Waals surface area contributed by atoms with Gasteiger partial charge in [-0.2, -0.15) is 8.42 Å². The third kappa shape index (κ3) is 3.21. The fraction of sp³-hybridized carbons (Fsp3) is 0. The number of phenols is 1. The van der Waals surface area contributed by atoms with Crippen molar-refractivity contribution in [1.29, 1.82) is 0 Å². The molecule has 82 valence electrons. The van der Waals surface area contributed by atoms with Crippen molar-refractivity contribution in [3.63, 3.8) is 0 Å². The second-order valence-corrected chi connectivity index (χ2v) is 3.88. The maximum absolute atomic E-state index is 10.6. The zero-order valence-corrected chi connectivity index (χ0v) is 7.52. The van der Waals surface area contributed by atoms with Gasteiger partial charge in [0.05, 0.1) is 4.90 Å². The van der Waals surface area contributed by atoms with Crippen LogP contribution in [0.4, 0.5) is 0 Å². The van der Waals surface area contributed by atoms with Gasteiger partial charge in [-0.3, -0.25) is 4.55 Å². The average molecular weight is 248 g/mol. The van der Waals surface area contributed by atoms with Gasteiger partial charge in [-0.25, -0.2) is 4.79 Å². The molecule has 0 aromatic heterocycles. The van der Waals surface area contributed by atoms with Crippen LogP contribution in [0.1, 0.15) is 10.4 Å². The van der Waals surface area contributed by atoms with Crippen LogP contribution in [0.15, 0.2) is 23.1 Å². The molecule has 0 spiro atoms. The van der Waals surface area contributed by atoms with Gasteiger partial charge in [-0.15, -0.1) is 0 Å². The average Bonchev–Trinajstić information content (AvgIpc) is 2.02. The van der Waals surface area contributed by atoms with Crippen LogP contribution in [0.3, 0.4) is 0 Å². The monoisotopic (exact) mass is 248 g/mol. The molecule has 0 heterocycles. The number of benzene rings is 1. The van der Waals surface area contributed by atoms with E-state index < -0.39 is 32.3 Å². The first-order valence-corrected chi connectivity index (χ1v) is 4.80. The van der Waals surface area contributed by atoms with E-state index in [4.69, 9.17) is 14.8 Å². The molecule has 0 amide bonds. The molecule has 1 aromatic carbocycles. The van der Waals surface area contributed by atoms with Crippen molar-refractivity contribution in [3.8, 4) is 5.75 Å². The van der Waals surface area contributed by atoms with E-state index in [0.29, 0.717) is 6.07 Å². The maximum atomic E-state index is 10.6. The van der Waals surface area contributed by atoms with E-state index in [2.05, 4.69) is 0 Å². The Morgan fingerprint density at radius 1 is 1.27 bits per heavy atom. The molecule has 8 heteroatoms. The van der Waals surface area contributed by atoms with Gasteiger partial charge in [0, 0.05) is 0 Å². The standard InChI is InChI=1S/C7H6O6S.Al.3H/c8-6-2-1-4(14(11,12)13)3-5(6)7(9)10;;;;/h1-3,8H,(H,9,10)(H,11,12,13);;;;. The zero-order chi connectivity index (χ0) is 10.9. The van der Waals surface area contributed by atoms with Gasteiger partial charge in [-0.1, -0.05) is 0 Å². The summed E-state index contributed by atoms with van der Waals surface area (Å²) in [7, 11) is -4.45. The number of hydrogen-bond donors (Lipinski definition) is 3. The molecule has 0 saturated heterocycles. The molecule has 0 fully saturated rings. The lowest BCUT2D eigenvalue weighted by molar-refractivity contribution is 0.0693. The number of aromatic hydroxyl groups is 1. The van der Waals surface area contributed by atoms with E-state index in [1.54, 1.807) is 0 Å². The molecule has 0 atom stereocenters. The first-order valence-electron chi connectivity index (χ1n) is 3.36. The lowest BCUT2D eigenvalue weighted by Crippen LogP contribution is -2.02. The molecular weight excluding hydrogens is 239 g/mol. The molecule has 0 aliphatic rings. The van der Waals surface area contributed by atoms with Crippen LogP contribution in [-0.4, -0.2) is 46.5 Å². The minimum absolute atomic E-state index is 0. The van der Waals surface area contributed by atoms with Gasteiger partial charge in [0.1, 0.15) is 11.3 Å². The van der Waals surface area contributed by atoms with Crippen molar-refractivity contribution in [1.82, 2.24) is 0 Å². The number of carboxylic acid groups (broad SMARTS) is 1. The zero-order valence-electron chi connectivity index (χ0n) is 6.71. The number of aromatic carboxylic acids is 1. The molecule has 0 unspecified atom stereocenters. The lowest BCUT2D eigenvalue weighted by Gasteiger charge is -2.01. The van der Waals surface area contributed by atoms with Crippen molar-refractivity contribution in [3.05, 3.63) is 23.8 Å². The van der Waals surface area contributed by atoms with Gasteiger partial charge in [-0.05, 0) is 18.2 Å². The lowest BCUT2D eigenvalue weighted by atomic mass is 10.2. The third-order valence-corrected chi connectivity index (χ3v) is 2.35. The van der Waals surface area contributed by atoms with E-state index in [0.717, 1.165) is 12.1 Å². The second kappa shape index (κ2) is 4.63. The summed E-state index contributed by atoms with van der Waals surface area (Å²) in [5, 5.41) is 17.5. The van der Waals surface area contributed by atoms with Crippen LogP contribution in [0, 0.1) is 0 Å². The van der Waals surface area contributed by atoms with E-state index >= 15 is 0 Å². The second-order valence-electron chi connectivity index (χ2n) is 2.46. The number of rotatable bonds is 2. The Kier molecular flexibility index (Phi) is 4.30. The molecule has 0 aliphatic heterocycles. The summed E-state index contributed by atoms with van der Waals surface area (Å²) in [5.41, 5.74) is -0.583. The minimum atomic E-state index is -4.45. The highest BCUT2D eigenvalue weighted by atomic mass is 32.2. The van der Waals surface area contributed by atoms with Crippen molar-refractivity contribution < 1.29 is 28.0 Å². The van der Waals surface area contributed by atoms with Crippen molar-refractivity contribution in [2.75, 3.05) is 0 Å². The Bertz CT molecular complexity index is 480. The summed E-state index contributed by atoms with van der Waals surface area (Å²) in [4.78, 5) is 9.89. The van der Waals surface area contributed by atoms with Crippen LogP contribution in [0.2, 0.25) is 0 Å². The number of carbonyl (C=O) groups is 1. The molecule has 0 saturated carbocycles. The van der Waals surface area contributed by atoms with Gasteiger partial charge in [0.25, 0.3) is 10.1 Å². The normalized spacial score (nSPS) is 10.5. The number of carboxylic acids is 1. The smallest absolute Gasteiger partial charge is 0.339 e. The Morgan fingerprint density at radius 2 is 1.80 bits per heavy atom. The van der Waals surface area contributed by atoms with Gasteiger partial charge >= 0.3 is 5.97 Å². The molecule has 1 rings (SSSR count). The fourth-order valence-corrected chi connectivity index (χ4v) is 1.35. The fourth-order valence-electron chi connectivity index (χ4n) is 0.847. The predicted octanol–water partition coefficient (Wildman–Crippen LogP) is -0.847.